The van der Waals surface area contributed by atoms with E-state index in [0.717, 1.165) is 18.7 Å². The third kappa shape index (κ3) is 1.90. The maximum absolute atomic E-state index is 12.0. The second kappa shape index (κ2) is 4.22. The highest BCUT2D eigenvalue weighted by Crippen LogP contribution is 2.26. The molecule has 0 aromatic carbocycles. The summed E-state index contributed by atoms with van der Waals surface area (Å²) in [4.78, 5) is 0. The Hall–Kier alpha value is -1.12. The first-order chi connectivity index (χ1) is 8.58. The van der Waals surface area contributed by atoms with Crippen molar-refractivity contribution in [1.29, 1.82) is 0 Å². The average Bonchev–Trinajstić information content (AvgIpc) is 2.71. The van der Waals surface area contributed by atoms with Crippen molar-refractivity contribution >= 4 is 15.9 Å². The second-order valence-electron chi connectivity index (χ2n) is 4.77. The van der Waals surface area contributed by atoms with Gasteiger partial charge in [0.05, 0.1) is 24.1 Å². The van der Waals surface area contributed by atoms with Crippen LogP contribution in [0.3, 0.4) is 0 Å². The minimum atomic E-state index is -3.39. The van der Waals surface area contributed by atoms with Gasteiger partial charge in [-0.15, -0.1) is 0 Å². The molecule has 2 aliphatic rings. The van der Waals surface area contributed by atoms with Crippen LogP contribution in [0.1, 0.15) is 19.0 Å². The lowest BCUT2D eigenvalue weighted by molar-refractivity contribution is 0.389. The van der Waals surface area contributed by atoms with E-state index in [1.807, 2.05) is 4.68 Å². The Morgan fingerprint density at radius 3 is 3.11 bits per heavy atom. The highest BCUT2D eigenvalue weighted by atomic mass is 32.2. The summed E-state index contributed by atoms with van der Waals surface area (Å²) in [5, 5.41) is 7.62. The van der Waals surface area contributed by atoms with Crippen LogP contribution >= 0.6 is 0 Å². The van der Waals surface area contributed by atoms with Crippen LogP contribution in [0.2, 0.25) is 0 Å². The van der Waals surface area contributed by atoms with E-state index < -0.39 is 10.2 Å². The SMILES string of the molecule is C[C@H]1Cn2ncc(N3CCCNS3(=O)=O)c2CN1. The van der Waals surface area contributed by atoms with E-state index in [1.165, 1.54) is 4.31 Å². The largest absolute Gasteiger partial charge is 0.307 e. The van der Waals surface area contributed by atoms with Crippen LogP contribution in [-0.2, 0) is 23.3 Å². The molecular formula is C10H17N5O2S. The topological polar surface area (TPSA) is 79.3 Å². The number of fused-ring (bicyclic) bond motifs is 1. The van der Waals surface area contributed by atoms with Gasteiger partial charge in [0.2, 0.25) is 0 Å². The van der Waals surface area contributed by atoms with Crippen molar-refractivity contribution in [1.82, 2.24) is 19.8 Å². The van der Waals surface area contributed by atoms with E-state index >= 15 is 0 Å². The number of nitrogens with one attached hydrogen (secondary N) is 2. The Kier molecular flexibility index (Phi) is 2.80. The number of aromatic nitrogens is 2. The molecule has 0 saturated carbocycles. The molecule has 1 saturated heterocycles. The molecule has 1 aromatic heterocycles. The monoisotopic (exact) mass is 271 g/mol. The first kappa shape index (κ1) is 11.9. The second-order valence-corrected chi connectivity index (χ2v) is 6.45. The van der Waals surface area contributed by atoms with E-state index in [4.69, 9.17) is 0 Å². The van der Waals surface area contributed by atoms with Crippen molar-refractivity contribution in [3.8, 4) is 0 Å². The van der Waals surface area contributed by atoms with Crippen molar-refractivity contribution in [2.75, 3.05) is 17.4 Å². The molecule has 3 heterocycles. The van der Waals surface area contributed by atoms with Crippen molar-refractivity contribution in [3.05, 3.63) is 11.9 Å². The van der Waals surface area contributed by atoms with Crippen molar-refractivity contribution < 1.29 is 8.42 Å². The maximum atomic E-state index is 12.0. The number of rotatable bonds is 1. The van der Waals surface area contributed by atoms with E-state index in [1.54, 1.807) is 6.20 Å². The van der Waals surface area contributed by atoms with Crippen LogP contribution < -0.4 is 14.3 Å². The Labute approximate surface area is 106 Å². The Morgan fingerprint density at radius 1 is 1.50 bits per heavy atom. The molecule has 0 unspecified atom stereocenters. The molecule has 1 aromatic rings. The molecule has 1 atom stereocenters. The molecule has 2 N–H and O–H groups in total. The van der Waals surface area contributed by atoms with Gasteiger partial charge < -0.3 is 5.32 Å². The summed E-state index contributed by atoms with van der Waals surface area (Å²) in [5.41, 5.74) is 1.64. The molecule has 0 amide bonds. The number of anilines is 1. The molecule has 8 heteroatoms. The van der Waals surface area contributed by atoms with Gasteiger partial charge in [-0.05, 0) is 13.3 Å². The van der Waals surface area contributed by atoms with Crippen LogP contribution in [-0.4, -0.2) is 37.3 Å². The molecule has 0 spiro atoms. The van der Waals surface area contributed by atoms with E-state index in [-0.39, 0.29) is 0 Å². The average molecular weight is 271 g/mol. The number of nitrogens with zero attached hydrogens (tertiary/aromatic N) is 3. The van der Waals surface area contributed by atoms with Crippen LogP contribution in [0.15, 0.2) is 6.20 Å². The van der Waals surface area contributed by atoms with Crippen molar-refractivity contribution in [3.63, 3.8) is 0 Å². The van der Waals surface area contributed by atoms with Gasteiger partial charge in [-0.1, -0.05) is 0 Å². The highest BCUT2D eigenvalue weighted by molar-refractivity contribution is 7.90. The van der Waals surface area contributed by atoms with Gasteiger partial charge >= 0.3 is 10.2 Å². The molecule has 18 heavy (non-hydrogen) atoms. The van der Waals surface area contributed by atoms with Crippen LogP contribution in [0.5, 0.6) is 0 Å². The summed E-state index contributed by atoms with van der Waals surface area (Å²) in [6.45, 7) is 4.55. The Balaban J connectivity index is 1.98. The summed E-state index contributed by atoms with van der Waals surface area (Å²) in [7, 11) is -3.39. The molecular weight excluding hydrogens is 254 g/mol. The fraction of sp³-hybridized carbons (Fsp3) is 0.700. The standard InChI is InChI=1S/C10H17N5O2S/c1-8-7-14-9(5-11-8)10(6-12-14)15-4-2-3-13-18(15,16)17/h6,8,11,13H,2-5,7H2,1H3/t8-/m0/s1. The molecule has 100 valence electrons. The molecule has 7 nitrogen and oxygen atoms in total. The molecule has 2 aliphatic heterocycles. The van der Waals surface area contributed by atoms with Crippen molar-refractivity contribution in [2.45, 2.75) is 32.5 Å². The van der Waals surface area contributed by atoms with Crippen molar-refractivity contribution in [2.24, 2.45) is 0 Å². The number of hydrogen-bond acceptors (Lipinski definition) is 4. The summed E-state index contributed by atoms with van der Waals surface area (Å²) in [6.07, 6.45) is 2.47. The minimum Gasteiger partial charge on any atom is -0.307 e. The van der Waals surface area contributed by atoms with Gasteiger partial charge in [0.15, 0.2) is 0 Å². The minimum absolute atomic E-state index is 0.362. The first-order valence-electron chi connectivity index (χ1n) is 6.13. The summed E-state index contributed by atoms with van der Waals surface area (Å²) < 4.78 is 29.8. The van der Waals surface area contributed by atoms with Crippen LogP contribution in [0.25, 0.3) is 0 Å². The Bertz CT molecular complexity index is 553. The molecule has 0 bridgehead atoms. The van der Waals surface area contributed by atoms with Gasteiger partial charge in [0, 0.05) is 25.7 Å². The van der Waals surface area contributed by atoms with Gasteiger partial charge in [0.25, 0.3) is 0 Å². The predicted molar refractivity (Wildman–Crippen MR) is 67.4 cm³/mol. The van der Waals surface area contributed by atoms with Gasteiger partial charge in [0.1, 0.15) is 0 Å². The smallest absolute Gasteiger partial charge is 0.301 e. The predicted octanol–water partition coefficient (Wildman–Crippen LogP) is -0.581. The van der Waals surface area contributed by atoms with E-state index in [0.29, 0.717) is 31.4 Å². The first-order valence-corrected chi connectivity index (χ1v) is 7.57. The molecule has 1 fully saturated rings. The lowest BCUT2D eigenvalue weighted by atomic mass is 10.2. The number of hydrogen-bond donors (Lipinski definition) is 2. The zero-order valence-electron chi connectivity index (χ0n) is 10.3. The maximum Gasteiger partial charge on any atom is 0.301 e. The van der Waals surface area contributed by atoms with Gasteiger partial charge in [-0.3, -0.25) is 8.99 Å². The fourth-order valence-electron chi connectivity index (χ4n) is 2.41. The lowest BCUT2D eigenvalue weighted by Gasteiger charge is -2.30. The Morgan fingerprint density at radius 2 is 2.33 bits per heavy atom. The normalized spacial score (nSPS) is 26.9. The summed E-state index contributed by atoms with van der Waals surface area (Å²) in [6, 6.07) is 0.362. The fourth-order valence-corrected chi connectivity index (χ4v) is 3.75. The zero-order chi connectivity index (χ0) is 12.8. The van der Waals surface area contributed by atoms with E-state index in [2.05, 4.69) is 22.1 Å². The van der Waals surface area contributed by atoms with Crippen LogP contribution in [0, 0.1) is 0 Å². The third-order valence-electron chi connectivity index (χ3n) is 3.37. The molecule has 0 aliphatic carbocycles. The van der Waals surface area contributed by atoms with Crippen LogP contribution in [0.4, 0.5) is 5.69 Å². The van der Waals surface area contributed by atoms with Gasteiger partial charge in [-0.2, -0.15) is 18.2 Å². The lowest BCUT2D eigenvalue weighted by Crippen LogP contribution is -2.47. The quantitative estimate of drug-likeness (QED) is 0.716. The summed E-state index contributed by atoms with van der Waals surface area (Å²) >= 11 is 0. The van der Waals surface area contributed by atoms with E-state index in [9.17, 15) is 8.42 Å². The van der Waals surface area contributed by atoms with Gasteiger partial charge in [-0.25, -0.2) is 0 Å². The summed E-state index contributed by atoms with van der Waals surface area (Å²) in [5.74, 6) is 0. The molecule has 3 rings (SSSR count). The third-order valence-corrected chi connectivity index (χ3v) is 4.90. The molecule has 0 radical (unpaired) electrons. The highest BCUT2D eigenvalue weighted by Gasteiger charge is 2.30. The zero-order valence-corrected chi connectivity index (χ0v) is 11.1.